The van der Waals surface area contributed by atoms with Gasteiger partial charge in [0.25, 0.3) is 0 Å². The van der Waals surface area contributed by atoms with E-state index >= 15 is 0 Å². The van der Waals surface area contributed by atoms with Gasteiger partial charge in [0.15, 0.2) is 0 Å². The summed E-state index contributed by atoms with van der Waals surface area (Å²) in [6.45, 7) is 3.66. The van der Waals surface area contributed by atoms with Crippen molar-refractivity contribution in [3.63, 3.8) is 0 Å². The molecular weight excluding hydrogens is 295 g/mol. The highest BCUT2D eigenvalue weighted by Crippen LogP contribution is 2.34. The largest absolute Gasteiger partial charge is 0.433 e. The van der Waals surface area contributed by atoms with Gasteiger partial charge in [0.05, 0.1) is 5.52 Å². The van der Waals surface area contributed by atoms with E-state index in [2.05, 4.69) is 20.9 Å². The van der Waals surface area contributed by atoms with Crippen LogP contribution in [0.2, 0.25) is 0 Å². The van der Waals surface area contributed by atoms with Gasteiger partial charge in [0, 0.05) is 9.86 Å². The molecule has 1 nitrogen and oxygen atoms in total. The lowest BCUT2D eigenvalue weighted by Gasteiger charge is -2.10. The maximum absolute atomic E-state index is 12.6. The standard InChI is InChI=1S/C12H9BrF3N/c1-6-3-7(2)11-8(4-6)9(13)5-10(17-11)12(14,15)16/h3-5H,1-2H3. The molecule has 0 saturated carbocycles. The van der Waals surface area contributed by atoms with Crippen molar-refractivity contribution < 1.29 is 13.2 Å². The van der Waals surface area contributed by atoms with Crippen LogP contribution in [0.15, 0.2) is 22.7 Å². The van der Waals surface area contributed by atoms with Gasteiger partial charge < -0.3 is 0 Å². The second kappa shape index (κ2) is 3.98. The van der Waals surface area contributed by atoms with E-state index in [-0.39, 0.29) is 0 Å². The molecule has 0 bridgehead atoms. The van der Waals surface area contributed by atoms with Crippen LogP contribution >= 0.6 is 15.9 Å². The van der Waals surface area contributed by atoms with Gasteiger partial charge in [-0.1, -0.05) is 27.6 Å². The third kappa shape index (κ3) is 2.29. The Morgan fingerprint density at radius 2 is 1.76 bits per heavy atom. The first-order valence-corrected chi connectivity index (χ1v) is 5.73. The predicted molar refractivity (Wildman–Crippen MR) is 63.9 cm³/mol. The number of hydrogen-bond acceptors (Lipinski definition) is 1. The number of alkyl halides is 3. The van der Waals surface area contributed by atoms with Crippen molar-refractivity contribution >= 4 is 26.8 Å². The fraction of sp³-hybridized carbons (Fsp3) is 0.250. The van der Waals surface area contributed by atoms with Gasteiger partial charge in [0.1, 0.15) is 5.69 Å². The SMILES string of the molecule is Cc1cc(C)c2nc(C(F)(F)F)cc(Br)c2c1. The van der Waals surface area contributed by atoms with Crippen LogP contribution in [0.1, 0.15) is 16.8 Å². The summed E-state index contributed by atoms with van der Waals surface area (Å²) in [7, 11) is 0. The molecule has 2 rings (SSSR count). The molecule has 1 aromatic heterocycles. The van der Waals surface area contributed by atoms with E-state index in [9.17, 15) is 13.2 Å². The molecule has 0 aliphatic heterocycles. The zero-order valence-electron chi connectivity index (χ0n) is 9.19. The van der Waals surface area contributed by atoms with Gasteiger partial charge >= 0.3 is 6.18 Å². The molecule has 0 amide bonds. The number of fused-ring (bicyclic) bond motifs is 1. The topological polar surface area (TPSA) is 12.9 Å². The zero-order valence-corrected chi connectivity index (χ0v) is 10.8. The summed E-state index contributed by atoms with van der Waals surface area (Å²) in [5, 5.41) is 0.704. The van der Waals surface area contributed by atoms with Gasteiger partial charge in [0.2, 0.25) is 0 Å². The maximum atomic E-state index is 12.6. The Kier molecular flexibility index (Phi) is 2.89. The van der Waals surface area contributed by atoms with Gasteiger partial charge in [-0.15, -0.1) is 0 Å². The molecule has 0 N–H and O–H groups in total. The Bertz CT molecular complexity index is 590. The predicted octanol–water partition coefficient (Wildman–Crippen LogP) is 4.63. The summed E-state index contributed by atoms with van der Waals surface area (Å²) in [5.41, 5.74) is 1.25. The number of benzene rings is 1. The van der Waals surface area contributed by atoms with E-state index in [1.54, 1.807) is 6.92 Å². The average Bonchev–Trinajstić information content (AvgIpc) is 2.17. The molecule has 0 saturated heterocycles. The summed E-state index contributed by atoms with van der Waals surface area (Å²) in [6.07, 6.45) is -4.42. The van der Waals surface area contributed by atoms with Crippen molar-refractivity contribution in [3.8, 4) is 0 Å². The molecule has 0 radical (unpaired) electrons. The molecule has 0 spiro atoms. The number of rotatable bonds is 0. The Labute approximate surface area is 105 Å². The fourth-order valence-electron chi connectivity index (χ4n) is 1.79. The Balaban J connectivity index is 2.83. The summed E-state index contributed by atoms with van der Waals surface area (Å²) < 4.78 is 38.3. The first-order valence-electron chi connectivity index (χ1n) is 4.94. The second-order valence-electron chi connectivity index (χ2n) is 3.97. The summed E-state index contributed by atoms with van der Waals surface area (Å²) in [5.74, 6) is 0. The molecular formula is C12H9BrF3N. The van der Waals surface area contributed by atoms with Crippen molar-refractivity contribution in [2.45, 2.75) is 20.0 Å². The Hall–Kier alpha value is -1.10. The van der Waals surface area contributed by atoms with Gasteiger partial charge in [-0.3, -0.25) is 0 Å². The summed E-state index contributed by atoms with van der Waals surface area (Å²) >= 11 is 3.17. The van der Waals surface area contributed by atoms with Crippen molar-refractivity contribution in [3.05, 3.63) is 39.5 Å². The minimum absolute atomic E-state index is 0.386. The number of halogens is 4. The number of aromatic nitrogens is 1. The minimum atomic E-state index is -4.42. The molecule has 1 heterocycles. The van der Waals surface area contributed by atoms with Crippen LogP contribution in [0.5, 0.6) is 0 Å². The fourth-order valence-corrected chi connectivity index (χ4v) is 2.31. The van der Waals surface area contributed by atoms with Crippen molar-refractivity contribution in [2.75, 3.05) is 0 Å². The number of pyridine rings is 1. The molecule has 90 valence electrons. The van der Waals surface area contributed by atoms with Crippen LogP contribution in [0.25, 0.3) is 10.9 Å². The van der Waals surface area contributed by atoms with Crippen LogP contribution in [0, 0.1) is 13.8 Å². The van der Waals surface area contributed by atoms with E-state index < -0.39 is 11.9 Å². The van der Waals surface area contributed by atoms with Crippen LogP contribution in [-0.2, 0) is 6.18 Å². The summed E-state index contributed by atoms with van der Waals surface area (Å²) in [4.78, 5) is 3.69. The van der Waals surface area contributed by atoms with E-state index in [1.165, 1.54) is 0 Å². The highest BCUT2D eigenvalue weighted by Gasteiger charge is 2.33. The zero-order chi connectivity index (χ0) is 12.8. The molecule has 0 aliphatic carbocycles. The first-order chi connectivity index (χ1) is 7.79. The van der Waals surface area contributed by atoms with Crippen LogP contribution in [-0.4, -0.2) is 4.98 Å². The lowest BCUT2D eigenvalue weighted by atomic mass is 10.1. The number of aryl methyl sites for hydroxylation is 2. The van der Waals surface area contributed by atoms with E-state index in [0.717, 1.165) is 17.2 Å². The van der Waals surface area contributed by atoms with Crippen LogP contribution in [0.4, 0.5) is 13.2 Å². The molecule has 0 aliphatic rings. The Morgan fingerprint density at radius 3 is 2.35 bits per heavy atom. The smallest absolute Gasteiger partial charge is 0.243 e. The maximum Gasteiger partial charge on any atom is 0.433 e. The molecule has 2 aromatic rings. The molecule has 0 atom stereocenters. The molecule has 17 heavy (non-hydrogen) atoms. The number of nitrogens with zero attached hydrogens (tertiary/aromatic N) is 1. The van der Waals surface area contributed by atoms with Gasteiger partial charge in [-0.25, -0.2) is 4.98 Å². The summed E-state index contributed by atoms with van der Waals surface area (Å²) in [6, 6.07) is 4.66. The van der Waals surface area contributed by atoms with Crippen molar-refractivity contribution in [1.82, 2.24) is 4.98 Å². The van der Waals surface area contributed by atoms with E-state index in [1.807, 2.05) is 19.1 Å². The second-order valence-corrected chi connectivity index (χ2v) is 4.82. The monoisotopic (exact) mass is 303 g/mol. The average molecular weight is 304 g/mol. The highest BCUT2D eigenvalue weighted by molar-refractivity contribution is 9.10. The van der Waals surface area contributed by atoms with Gasteiger partial charge in [-0.2, -0.15) is 13.2 Å². The quantitative estimate of drug-likeness (QED) is 0.691. The van der Waals surface area contributed by atoms with E-state index in [0.29, 0.717) is 15.4 Å². The normalized spacial score (nSPS) is 12.1. The van der Waals surface area contributed by atoms with E-state index in [4.69, 9.17) is 0 Å². The minimum Gasteiger partial charge on any atom is -0.243 e. The molecule has 5 heteroatoms. The van der Waals surface area contributed by atoms with Crippen LogP contribution < -0.4 is 0 Å². The Morgan fingerprint density at radius 1 is 1.12 bits per heavy atom. The van der Waals surface area contributed by atoms with Crippen LogP contribution in [0.3, 0.4) is 0 Å². The third-order valence-corrected chi connectivity index (χ3v) is 3.14. The third-order valence-electron chi connectivity index (χ3n) is 2.49. The molecule has 0 unspecified atom stereocenters. The van der Waals surface area contributed by atoms with Crippen molar-refractivity contribution in [2.24, 2.45) is 0 Å². The van der Waals surface area contributed by atoms with Gasteiger partial charge in [-0.05, 0) is 31.5 Å². The molecule has 1 aromatic carbocycles. The lowest BCUT2D eigenvalue weighted by Crippen LogP contribution is -2.08. The first kappa shape index (κ1) is 12.4. The molecule has 0 fully saturated rings. The van der Waals surface area contributed by atoms with Crippen molar-refractivity contribution in [1.29, 1.82) is 0 Å². The number of hydrogen-bond donors (Lipinski definition) is 0. The lowest BCUT2D eigenvalue weighted by molar-refractivity contribution is -0.141. The highest BCUT2D eigenvalue weighted by atomic mass is 79.9.